The highest BCUT2D eigenvalue weighted by atomic mass is 79.9. The summed E-state index contributed by atoms with van der Waals surface area (Å²) >= 11 is 3.48. The van der Waals surface area contributed by atoms with Crippen molar-refractivity contribution in [1.82, 2.24) is 15.2 Å². The molecule has 1 heterocycles. The van der Waals surface area contributed by atoms with Gasteiger partial charge >= 0.3 is 0 Å². The SMILES string of the molecule is Cc1nn(C(C)CCC(=O)NN)c(C)c1Br. The Morgan fingerprint density at radius 3 is 2.69 bits per heavy atom. The van der Waals surface area contributed by atoms with E-state index >= 15 is 0 Å². The fraction of sp³-hybridized carbons (Fsp3) is 0.600. The number of nitrogens with one attached hydrogen (secondary N) is 1. The number of hydrazine groups is 1. The number of hydrogen-bond donors (Lipinski definition) is 2. The topological polar surface area (TPSA) is 72.9 Å². The maximum Gasteiger partial charge on any atom is 0.233 e. The van der Waals surface area contributed by atoms with E-state index in [0.29, 0.717) is 6.42 Å². The Morgan fingerprint density at radius 1 is 1.62 bits per heavy atom. The average Bonchev–Trinajstić information content (AvgIpc) is 2.53. The van der Waals surface area contributed by atoms with Crippen LogP contribution in [0, 0.1) is 13.8 Å². The van der Waals surface area contributed by atoms with Crippen LogP contribution in [0.4, 0.5) is 0 Å². The first kappa shape index (κ1) is 13.2. The molecule has 1 rings (SSSR count). The van der Waals surface area contributed by atoms with E-state index in [0.717, 1.165) is 22.3 Å². The van der Waals surface area contributed by atoms with Crippen LogP contribution in [0.5, 0.6) is 0 Å². The second-order valence-electron chi connectivity index (χ2n) is 3.88. The van der Waals surface area contributed by atoms with Gasteiger partial charge in [-0.2, -0.15) is 5.10 Å². The summed E-state index contributed by atoms with van der Waals surface area (Å²) in [5, 5.41) is 4.42. The first-order valence-electron chi connectivity index (χ1n) is 5.18. The summed E-state index contributed by atoms with van der Waals surface area (Å²) in [6, 6.07) is 0.183. The lowest BCUT2D eigenvalue weighted by Gasteiger charge is -2.13. The van der Waals surface area contributed by atoms with Gasteiger partial charge in [0.05, 0.1) is 15.9 Å². The third kappa shape index (κ3) is 2.82. The minimum atomic E-state index is -0.146. The van der Waals surface area contributed by atoms with Crippen molar-refractivity contribution in [1.29, 1.82) is 0 Å². The van der Waals surface area contributed by atoms with Crippen LogP contribution in [0.25, 0.3) is 0 Å². The first-order chi connectivity index (χ1) is 7.47. The average molecular weight is 289 g/mol. The zero-order valence-corrected chi connectivity index (χ0v) is 11.3. The number of aryl methyl sites for hydroxylation is 1. The van der Waals surface area contributed by atoms with E-state index in [9.17, 15) is 4.79 Å². The number of amides is 1. The fourth-order valence-electron chi connectivity index (χ4n) is 1.61. The maximum atomic E-state index is 11.0. The highest BCUT2D eigenvalue weighted by molar-refractivity contribution is 9.10. The Kier molecular flexibility index (Phi) is 4.49. The highest BCUT2D eigenvalue weighted by Crippen LogP contribution is 2.24. The minimum Gasteiger partial charge on any atom is -0.294 e. The van der Waals surface area contributed by atoms with E-state index in [2.05, 4.69) is 26.5 Å². The van der Waals surface area contributed by atoms with Gasteiger partial charge in [-0.3, -0.25) is 14.9 Å². The van der Waals surface area contributed by atoms with E-state index in [1.807, 2.05) is 25.5 Å². The Balaban J connectivity index is 2.69. The second kappa shape index (κ2) is 5.45. The third-order valence-corrected chi connectivity index (χ3v) is 3.75. The number of halogens is 1. The Hall–Kier alpha value is -0.880. The summed E-state index contributed by atoms with van der Waals surface area (Å²) in [6.45, 7) is 5.99. The largest absolute Gasteiger partial charge is 0.294 e. The molecule has 1 aromatic rings. The molecule has 0 radical (unpaired) electrons. The molecule has 90 valence electrons. The van der Waals surface area contributed by atoms with Gasteiger partial charge in [-0.05, 0) is 43.1 Å². The van der Waals surface area contributed by atoms with Gasteiger partial charge in [0.2, 0.25) is 5.91 Å². The van der Waals surface area contributed by atoms with Crippen molar-refractivity contribution < 1.29 is 4.79 Å². The molecule has 0 saturated carbocycles. The normalized spacial score (nSPS) is 12.6. The molecule has 5 nitrogen and oxygen atoms in total. The van der Waals surface area contributed by atoms with Crippen molar-refractivity contribution >= 4 is 21.8 Å². The lowest BCUT2D eigenvalue weighted by molar-refractivity contribution is -0.121. The Labute approximate surface area is 103 Å². The van der Waals surface area contributed by atoms with E-state index < -0.39 is 0 Å². The highest BCUT2D eigenvalue weighted by Gasteiger charge is 2.14. The number of nitrogens with two attached hydrogens (primary N) is 1. The first-order valence-corrected chi connectivity index (χ1v) is 5.97. The molecule has 6 heteroatoms. The molecule has 0 aliphatic rings. The van der Waals surface area contributed by atoms with Crippen LogP contribution >= 0.6 is 15.9 Å². The van der Waals surface area contributed by atoms with Crippen LogP contribution in [-0.2, 0) is 4.79 Å². The number of carbonyl (C=O) groups excluding carboxylic acids is 1. The maximum absolute atomic E-state index is 11.0. The number of aromatic nitrogens is 2. The third-order valence-electron chi connectivity index (χ3n) is 2.60. The number of carbonyl (C=O) groups is 1. The lowest BCUT2D eigenvalue weighted by atomic mass is 10.2. The standard InChI is InChI=1S/C10H17BrN4O/c1-6(4-5-9(16)13-12)15-8(3)10(11)7(2)14-15/h6H,4-5,12H2,1-3H3,(H,13,16). The van der Waals surface area contributed by atoms with Crippen LogP contribution in [0.2, 0.25) is 0 Å². The van der Waals surface area contributed by atoms with Gasteiger partial charge in [-0.1, -0.05) is 0 Å². The molecule has 1 atom stereocenters. The fourth-order valence-corrected chi connectivity index (χ4v) is 1.87. The molecular weight excluding hydrogens is 272 g/mol. The smallest absolute Gasteiger partial charge is 0.233 e. The zero-order chi connectivity index (χ0) is 12.3. The summed E-state index contributed by atoms with van der Waals surface area (Å²) in [5.41, 5.74) is 4.17. The van der Waals surface area contributed by atoms with E-state index in [4.69, 9.17) is 5.84 Å². The lowest BCUT2D eigenvalue weighted by Crippen LogP contribution is -2.30. The second-order valence-corrected chi connectivity index (χ2v) is 4.68. The van der Waals surface area contributed by atoms with Crippen molar-refractivity contribution in [3.05, 3.63) is 15.9 Å². The molecule has 1 aromatic heterocycles. The van der Waals surface area contributed by atoms with Gasteiger partial charge in [0.15, 0.2) is 0 Å². The van der Waals surface area contributed by atoms with E-state index in [-0.39, 0.29) is 11.9 Å². The quantitative estimate of drug-likeness (QED) is 0.502. The van der Waals surface area contributed by atoms with Crippen LogP contribution in [0.1, 0.15) is 37.2 Å². The van der Waals surface area contributed by atoms with Crippen molar-refractivity contribution in [3.8, 4) is 0 Å². The molecule has 0 spiro atoms. The number of nitrogens with zero attached hydrogens (tertiary/aromatic N) is 2. The molecule has 1 amide bonds. The van der Waals surface area contributed by atoms with Crippen molar-refractivity contribution in [2.24, 2.45) is 5.84 Å². The molecule has 0 aliphatic carbocycles. The van der Waals surface area contributed by atoms with Crippen LogP contribution in [0.15, 0.2) is 4.47 Å². The monoisotopic (exact) mass is 288 g/mol. The van der Waals surface area contributed by atoms with Crippen molar-refractivity contribution in [2.45, 2.75) is 39.7 Å². The zero-order valence-electron chi connectivity index (χ0n) is 9.75. The summed E-state index contributed by atoms with van der Waals surface area (Å²) < 4.78 is 2.96. The predicted molar refractivity (Wildman–Crippen MR) is 65.7 cm³/mol. The van der Waals surface area contributed by atoms with Gasteiger partial charge in [-0.15, -0.1) is 0 Å². The van der Waals surface area contributed by atoms with Gasteiger partial charge in [-0.25, -0.2) is 5.84 Å². The molecule has 0 aliphatic heterocycles. The molecule has 0 saturated heterocycles. The summed E-state index contributed by atoms with van der Waals surface area (Å²) in [7, 11) is 0. The molecule has 0 fully saturated rings. The summed E-state index contributed by atoms with van der Waals surface area (Å²) in [5.74, 6) is 4.88. The molecule has 0 aromatic carbocycles. The van der Waals surface area contributed by atoms with Crippen LogP contribution in [0.3, 0.4) is 0 Å². The Morgan fingerprint density at radius 2 is 2.25 bits per heavy atom. The molecule has 1 unspecified atom stereocenters. The van der Waals surface area contributed by atoms with Gasteiger partial charge in [0.1, 0.15) is 0 Å². The molecular formula is C10H17BrN4O. The molecule has 0 bridgehead atoms. The minimum absolute atomic E-state index is 0.146. The number of hydrogen-bond acceptors (Lipinski definition) is 3. The molecule has 16 heavy (non-hydrogen) atoms. The Bertz CT molecular complexity index is 388. The van der Waals surface area contributed by atoms with E-state index in [1.54, 1.807) is 0 Å². The number of rotatable bonds is 4. The van der Waals surface area contributed by atoms with Crippen molar-refractivity contribution in [3.63, 3.8) is 0 Å². The van der Waals surface area contributed by atoms with Crippen LogP contribution in [-0.4, -0.2) is 15.7 Å². The van der Waals surface area contributed by atoms with Gasteiger partial charge < -0.3 is 0 Å². The summed E-state index contributed by atoms with van der Waals surface area (Å²) in [6.07, 6.45) is 1.13. The van der Waals surface area contributed by atoms with Crippen LogP contribution < -0.4 is 11.3 Å². The van der Waals surface area contributed by atoms with Gasteiger partial charge in [0.25, 0.3) is 0 Å². The van der Waals surface area contributed by atoms with Crippen molar-refractivity contribution in [2.75, 3.05) is 0 Å². The van der Waals surface area contributed by atoms with E-state index in [1.165, 1.54) is 0 Å². The summed E-state index contributed by atoms with van der Waals surface area (Å²) in [4.78, 5) is 11.0. The molecule has 3 N–H and O–H groups in total. The van der Waals surface area contributed by atoms with Gasteiger partial charge in [0, 0.05) is 12.5 Å². The predicted octanol–water partition coefficient (Wildman–Crippen LogP) is 1.59.